The minimum atomic E-state index is 0.469. The van der Waals surface area contributed by atoms with E-state index in [-0.39, 0.29) is 0 Å². The van der Waals surface area contributed by atoms with Gasteiger partial charge in [0.05, 0.1) is 10.6 Å². The normalized spacial score (nSPS) is 20.5. The van der Waals surface area contributed by atoms with Crippen molar-refractivity contribution in [3.63, 3.8) is 0 Å². The average molecular weight is 306 g/mol. The van der Waals surface area contributed by atoms with Gasteiger partial charge in [-0.1, -0.05) is 36.8 Å². The van der Waals surface area contributed by atoms with Gasteiger partial charge in [0.1, 0.15) is 11.8 Å². The number of rotatable bonds is 3. The highest BCUT2D eigenvalue weighted by Gasteiger charge is 2.17. The van der Waals surface area contributed by atoms with Gasteiger partial charge in [0.25, 0.3) is 0 Å². The molecule has 0 saturated heterocycles. The van der Waals surface area contributed by atoms with Crippen LogP contribution < -0.4 is 0 Å². The van der Waals surface area contributed by atoms with Crippen LogP contribution in [0.4, 0.5) is 0 Å². The van der Waals surface area contributed by atoms with Gasteiger partial charge in [-0.2, -0.15) is 5.26 Å². The molecule has 2 heterocycles. The van der Waals surface area contributed by atoms with Crippen molar-refractivity contribution < 1.29 is 0 Å². The van der Waals surface area contributed by atoms with Gasteiger partial charge in [0, 0.05) is 4.88 Å². The lowest BCUT2D eigenvalue weighted by molar-refractivity contribution is 0.504. The van der Waals surface area contributed by atoms with E-state index in [9.17, 15) is 0 Å². The number of thiophene rings is 1. The van der Waals surface area contributed by atoms with Crippen molar-refractivity contribution in [3.05, 3.63) is 64.7 Å². The van der Waals surface area contributed by atoms with Gasteiger partial charge >= 0.3 is 0 Å². The van der Waals surface area contributed by atoms with E-state index in [0.29, 0.717) is 17.5 Å². The van der Waals surface area contributed by atoms with Crippen LogP contribution in [0.1, 0.15) is 24.4 Å². The molecule has 0 aliphatic heterocycles. The number of aromatic nitrogens is 1. The summed E-state index contributed by atoms with van der Waals surface area (Å²) in [5.41, 5.74) is 2.71. The first-order valence-electron chi connectivity index (χ1n) is 7.48. The molecule has 0 fully saturated rings. The summed E-state index contributed by atoms with van der Waals surface area (Å²) in [4.78, 5) is 6.88. The third kappa shape index (κ3) is 3.18. The Morgan fingerprint density at radius 1 is 1.27 bits per heavy atom. The van der Waals surface area contributed by atoms with Crippen molar-refractivity contribution in [2.24, 2.45) is 11.8 Å². The number of nitriles is 1. The fourth-order valence-corrected chi connectivity index (χ4v) is 3.78. The Bertz CT molecular complexity index is 777. The van der Waals surface area contributed by atoms with Crippen LogP contribution in [0.2, 0.25) is 0 Å². The molecule has 0 bridgehead atoms. The van der Waals surface area contributed by atoms with Crippen molar-refractivity contribution in [3.8, 4) is 16.6 Å². The summed E-state index contributed by atoms with van der Waals surface area (Å²) in [6.07, 6.45) is 7.94. The summed E-state index contributed by atoms with van der Waals surface area (Å²) in [6.45, 7) is 4.43. The summed E-state index contributed by atoms with van der Waals surface area (Å²) in [6, 6.07) is 12.0. The third-order valence-corrected chi connectivity index (χ3v) is 5.16. The lowest BCUT2D eigenvalue weighted by Gasteiger charge is -2.21. The monoisotopic (exact) mass is 306 g/mol. The van der Waals surface area contributed by atoms with Crippen molar-refractivity contribution >= 4 is 11.3 Å². The minimum Gasteiger partial charge on any atom is -0.236 e. The van der Waals surface area contributed by atoms with Crippen LogP contribution in [-0.4, -0.2) is 4.98 Å². The molecular formula is C19H18N2S. The van der Waals surface area contributed by atoms with Crippen molar-refractivity contribution in [2.45, 2.75) is 20.3 Å². The second kappa shape index (κ2) is 6.29. The van der Waals surface area contributed by atoms with E-state index < -0.39 is 0 Å². The van der Waals surface area contributed by atoms with Crippen LogP contribution in [0.15, 0.2) is 54.1 Å². The lowest BCUT2D eigenvalue weighted by Crippen LogP contribution is -2.12. The summed E-state index contributed by atoms with van der Waals surface area (Å²) in [7, 11) is 0. The summed E-state index contributed by atoms with van der Waals surface area (Å²) < 4.78 is 0. The highest BCUT2D eigenvalue weighted by Crippen LogP contribution is 2.32. The predicted octanol–water partition coefficient (Wildman–Crippen LogP) is 4.99. The number of nitrogens with zero attached hydrogens (tertiary/aromatic N) is 2. The van der Waals surface area contributed by atoms with Gasteiger partial charge in [0.15, 0.2) is 0 Å². The molecule has 2 unspecified atom stereocenters. The summed E-state index contributed by atoms with van der Waals surface area (Å²) >= 11 is 1.78. The fraction of sp³-hybridized carbons (Fsp3) is 0.263. The van der Waals surface area contributed by atoms with E-state index >= 15 is 0 Å². The number of pyridine rings is 1. The molecule has 22 heavy (non-hydrogen) atoms. The highest BCUT2D eigenvalue weighted by atomic mass is 32.1. The van der Waals surface area contributed by atoms with Gasteiger partial charge in [-0.3, -0.25) is 0 Å². The molecule has 2 aromatic rings. The molecule has 1 aliphatic rings. The second-order valence-electron chi connectivity index (χ2n) is 5.78. The summed E-state index contributed by atoms with van der Waals surface area (Å²) in [5, 5.41) is 8.96. The Kier molecular flexibility index (Phi) is 4.22. The standard InChI is InChI=1S/C19H18N2S/c1-13-6-7-14(2)15(10-13)11-17-8-9-19(22-17)18-5-3-4-16(12-20)21-18/h3-10,14-15H,11H2,1-2H3. The first kappa shape index (κ1) is 14.7. The molecule has 110 valence electrons. The van der Waals surface area contributed by atoms with E-state index in [1.807, 2.05) is 12.1 Å². The Labute approximate surface area is 135 Å². The zero-order valence-corrected chi connectivity index (χ0v) is 13.6. The maximum absolute atomic E-state index is 8.96. The second-order valence-corrected chi connectivity index (χ2v) is 6.95. The Morgan fingerprint density at radius 2 is 2.14 bits per heavy atom. The fourth-order valence-electron chi connectivity index (χ4n) is 2.73. The van der Waals surface area contributed by atoms with Crippen LogP contribution in [0.5, 0.6) is 0 Å². The quantitative estimate of drug-likeness (QED) is 0.800. The van der Waals surface area contributed by atoms with Crippen molar-refractivity contribution in [1.82, 2.24) is 4.98 Å². The van der Waals surface area contributed by atoms with Gasteiger partial charge in [-0.05, 0) is 49.4 Å². The van der Waals surface area contributed by atoms with Gasteiger partial charge in [0.2, 0.25) is 0 Å². The maximum Gasteiger partial charge on any atom is 0.141 e. The Balaban J connectivity index is 1.79. The number of hydrogen-bond donors (Lipinski definition) is 0. The maximum atomic E-state index is 8.96. The zero-order valence-electron chi connectivity index (χ0n) is 12.8. The zero-order chi connectivity index (χ0) is 15.5. The van der Waals surface area contributed by atoms with Crippen LogP contribution in [0, 0.1) is 23.2 Å². The molecule has 0 saturated carbocycles. The van der Waals surface area contributed by atoms with E-state index in [2.05, 4.69) is 55.3 Å². The topological polar surface area (TPSA) is 36.7 Å². The molecule has 3 heteroatoms. The van der Waals surface area contributed by atoms with E-state index in [1.165, 1.54) is 10.5 Å². The molecule has 1 aliphatic carbocycles. The smallest absolute Gasteiger partial charge is 0.141 e. The molecule has 3 rings (SSSR count). The predicted molar refractivity (Wildman–Crippen MR) is 91.5 cm³/mol. The molecule has 2 aromatic heterocycles. The molecule has 0 N–H and O–H groups in total. The molecule has 2 atom stereocenters. The molecule has 0 aromatic carbocycles. The summed E-state index contributed by atoms with van der Waals surface area (Å²) in [5.74, 6) is 1.14. The number of hydrogen-bond acceptors (Lipinski definition) is 3. The SMILES string of the molecule is CC1=CC(Cc2ccc(-c3cccc(C#N)n3)s2)C(C)C=C1. The van der Waals surface area contributed by atoms with E-state index in [4.69, 9.17) is 5.26 Å². The highest BCUT2D eigenvalue weighted by molar-refractivity contribution is 7.15. The van der Waals surface area contributed by atoms with Crippen LogP contribution in [-0.2, 0) is 6.42 Å². The van der Waals surface area contributed by atoms with Crippen molar-refractivity contribution in [1.29, 1.82) is 5.26 Å². The Morgan fingerprint density at radius 3 is 2.95 bits per heavy atom. The molecule has 0 amide bonds. The van der Waals surface area contributed by atoms with Gasteiger partial charge in [-0.15, -0.1) is 11.3 Å². The van der Waals surface area contributed by atoms with Crippen LogP contribution in [0.25, 0.3) is 10.6 Å². The van der Waals surface area contributed by atoms with Gasteiger partial charge in [-0.25, -0.2) is 4.98 Å². The van der Waals surface area contributed by atoms with E-state index in [1.54, 1.807) is 17.4 Å². The molecule has 2 nitrogen and oxygen atoms in total. The first-order valence-corrected chi connectivity index (χ1v) is 8.30. The van der Waals surface area contributed by atoms with Crippen LogP contribution >= 0.6 is 11.3 Å². The largest absolute Gasteiger partial charge is 0.236 e. The van der Waals surface area contributed by atoms with E-state index in [0.717, 1.165) is 17.0 Å². The Hall–Kier alpha value is -2.18. The number of allylic oxidation sites excluding steroid dienone is 4. The average Bonchev–Trinajstić information content (AvgIpc) is 2.99. The van der Waals surface area contributed by atoms with Crippen molar-refractivity contribution in [2.75, 3.05) is 0 Å². The van der Waals surface area contributed by atoms with Crippen LogP contribution in [0.3, 0.4) is 0 Å². The molecular weight excluding hydrogens is 288 g/mol. The first-order chi connectivity index (χ1) is 10.7. The minimum absolute atomic E-state index is 0.469. The lowest BCUT2D eigenvalue weighted by atomic mass is 9.85. The third-order valence-electron chi connectivity index (χ3n) is 4.03. The molecule has 0 radical (unpaired) electrons. The molecule has 0 spiro atoms. The van der Waals surface area contributed by atoms with Gasteiger partial charge < -0.3 is 0 Å².